The Balaban J connectivity index is 1.80. The first-order chi connectivity index (χ1) is 10.1. The van der Waals surface area contributed by atoms with Gasteiger partial charge in [-0.15, -0.1) is 0 Å². The Bertz CT molecular complexity index is 621. The van der Waals surface area contributed by atoms with Crippen LogP contribution in [0.3, 0.4) is 0 Å². The van der Waals surface area contributed by atoms with Gasteiger partial charge in [0.15, 0.2) is 5.78 Å². The monoisotopic (exact) mass is 410 g/mol. The Morgan fingerprint density at radius 3 is 2.43 bits per heavy atom. The number of rotatable bonds is 6. The molecule has 2 rings (SSSR count). The average Bonchev–Trinajstić information content (AvgIpc) is 2.47. The molecule has 0 spiro atoms. The number of benzene rings is 2. The molecule has 0 aliphatic carbocycles. The van der Waals surface area contributed by atoms with Gasteiger partial charge in [0.1, 0.15) is 5.75 Å². The van der Waals surface area contributed by atoms with E-state index in [1.165, 1.54) is 0 Å². The molecular formula is C17H16Br2O2. The van der Waals surface area contributed by atoms with E-state index in [2.05, 4.69) is 31.9 Å². The fourth-order valence-electron chi connectivity index (χ4n) is 1.92. The van der Waals surface area contributed by atoms with Crippen LogP contribution in [0.15, 0.2) is 51.4 Å². The fraction of sp³-hybridized carbons (Fsp3) is 0.235. The van der Waals surface area contributed by atoms with E-state index in [9.17, 15) is 4.79 Å². The van der Waals surface area contributed by atoms with E-state index in [0.29, 0.717) is 19.4 Å². The molecule has 21 heavy (non-hydrogen) atoms. The van der Waals surface area contributed by atoms with Crippen molar-refractivity contribution in [2.24, 2.45) is 0 Å². The lowest BCUT2D eigenvalue weighted by Gasteiger charge is -2.09. The number of ketones is 1. The lowest BCUT2D eigenvalue weighted by atomic mass is 10.1. The molecule has 0 saturated heterocycles. The molecule has 4 heteroatoms. The van der Waals surface area contributed by atoms with Gasteiger partial charge >= 0.3 is 0 Å². The van der Waals surface area contributed by atoms with E-state index < -0.39 is 0 Å². The molecule has 0 fully saturated rings. The third-order valence-corrected chi connectivity index (χ3v) is 4.14. The Labute approximate surface area is 141 Å². The summed E-state index contributed by atoms with van der Waals surface area (Å²) < 4.78 is 7.71. The molecule has 0 saturated carbocycles. The van der Waals surface area contributed by atoms with E-state index in [1.807, 2.05) is 49.4 Å². The lowest BCUT2D eigenvalue weighted by Crippen LogP contribution is -2.04. The molecule has 2 aromatic rings. The number of carbonyl (C=O) groups is 1. The zero-order valence-electron chi connectivity index (χ0n) is 11.7. The van der Waals surface area contributed by atoms with Crippen LogP contribution in [0.1, 0.15) is 28.8 Å². The number of aryl methyl sites for hydroxylation is 1. The molecule has 0 bridgehead atoms. The van der Waals surface area contributed by atoms with Gasteiger partial charge in [0.2, 0.25) is 0 Å². The second kappa shape index (κ2) is 7.76. The largest absolute Gasteiger partial charge is 0.493 e. The first kappa shape index (κ1) is 16.2. The third-order valence-electron chi connectivity index (χ3n) is 3.12. The highest BCUT2D eigenvalue weighted by Gasteiger charge is 2.06. The predicted molar refractivity (Wildman–Crippen MR) is 92.1 cm³/mol. The molecule has 110 valence electrons. The van der Waals surface area contributed by atoms with Crippen molar-refractivity contribution in [2.75, 3.05) is 6.61 Å². The summed E-state index contributed by atoms with van der Waals surface area (Å²) in [5.74, 6) is 1.01. The van der Waals surface area contributed by atoms with Crippen molar-refractivity contribution >= 4 is 37.6 Å². The van der Waals surface area contributed by atoms with Crippen LogP contribution in [-0.4, -0.2) is 12.4 Å². The van der Waals surface area contributed by atoms with E-state index >= 15 is 0 Å². The highest BCUT2D eigenvalue weighted by molar-refractivity contribution is 9.10. The minimum atomic E-state index is 0.150. The zero-order valence-corrected chi connectivity index (χ0v) is 14.9. The van der Waals surface area contributed by atoms with Gasteiger partial charge in [-0.2, -0.15) is 0 Å². The first-order valence-corrected chi connectivity index (χ1v) is 8.32. The van der Waals surface area contributed by atoms with Crippen LogP contribution in [-0.2, 0) is 0 Å². The maximum Gasteiger partial charge on any atom is 0.163 e. The topological polar surface area (TPSA) is 26.3 Å². The summed E-state index contributed by atoms with van der Waals surface area (Å²) in [6.07, 6.45) is 1.20. The van der Waals surface area contributed by atoms with Gasteiger partial charge in [-0.25, -0.2) is 0 Å². The van der Waals surface area contributed by atoms with Gasteiger partial charge < -0.3 is 4.74 Å². The smallest absolute Gasteiger partial charge is 0.163 e. The van der Waals surface area contributed by atoms with Crippen LogP contribution in [0.5, 0.6) is 5.75 Å². The summed E-state index contributed by atoms with van der Waals surface area (Å²) in [5.41, 5.74) is 1.84. The molecule has 0 aliphatic rings. The summed E-state index contributed by atoms with van der Waals surface area (Å²) in [5, 5.41) is 0. The normalized spacial score (nSPS) is 10.4. The minimum Gasteiger partial charge on any atom is -0.493 e. The molecule has 0 aromatic heterocycles. The molecule has 0 unspecified atom stereocenters. The van der Waals surface area contributed by atoms with E-state index in [4.69, 9.17) is 4.74 Å². The molecular weight excluding hydrogens is 396 g/mol. The maximum atomic E-state index is 12.0. The standard InChI is InChI=1S/C17H16Br2O2/c1-12-4-7-15(19)11-17(12)21-10-2-3-16(20)13-5-8-14(18)9-6-13/h4-9,11H,2-3,10H2,1H3. The quantitative estimate of drug-likeness (QED) is 0.459. The zero-order chi connectivity index (χ0) is 15.2. The number of ether oxygens (including phenoxy) is 1. The Morgan fingerprint density at radius 2 is 1.71 bits per heavy atom. The molecule has 0 atom stereocenters. The highest BCUT2D eigenvalue weighted by Crippen LogP contribution is 2.23. The number of Topliss-reactive ketones (excluding diaryl/α,β-unsaturated/α-hetero) is 1. The maximum absolute atomic E-state index is 12.0. The van der Waals surface area contributed by atoms with Crippen LogP contribution in [0.4, 0.5) is 0 Å². The SMILES string of the molecule is Cc1ccc(Br)cc1OCCCC(=O)c1ccc(Br)cc1. The Kier molecular flexibility index (Phi) is 6.00. The van der Waals surface area contributed by atoms with E-state index in [-0.39, 0.29) is 5.78 Å². The Morgan fingerprint density at radius 1 is 1.05 bits per heavy atom. The number of carbonyl (C=O) groups excluding carboxylic acids is 1. The van der Waals surface area contributed by atoms with Gasteiger partial charge in [0.25, 0.3) is 0 Å². The van der Waals surface area contributed by atoms with Gasteiger partial charge in [0.05, 0.1) is 6.61 Å². The minimum absolute atomic E-state index is 0.150. The van der Waals surface area contributed by atoms with Gasteiger partial charge in [-0.3, -0.25) is 4.79 Å². The molecule has 0 N–H and O–H groups in total. The third kappa shape index (κ3) is 4.97. The van der Waals surface area contributed by atoms with Crippen molar-refractivity contribution in [2.45, 2.75) is 19.8 Å². The van der Waals surface area contributed by atoms with E-state index in [1.54, 1.807) is 0 Å². The van der Waals surface area contributed by atoms with Gasteiger partial charge in [-0.1, -0.05) is 50.1 Å². The Hall–Kier alpha value is -1.13. The number of hydrogen-bond acceptors (Lipinski definition) is 2. The fourth-order valence-corrected chi connectivity index (χ4v) is 2.53. The van der Waals surface area contributed by atoms with Gasteiger partial charge in [0, 0.05) is 20.9 Å². The first-order valence-electron chi connectivity index (χ1n) is 6.74. The van der Waals surface area contributed by atoms with Gasteiger partial charge in [-0.05, 0) is 43.2 Å². The second-order valence-electron chi connectivity index (χ2n) is 4.79. The average molecular weight is 412 g/mol. The van der Waals surface area contributed by atoms with Crippen molar-refractivity contribution in [3.63, 3.8) is 0 Å². The van der Waals surface area contributed by atoms with Crippen molar-refractivity contribution < 1.29 is 9.53 Å². The van der Waals surface area contributed by atoms with Crippen molar-refractivity contribution in [1.82, 2.24) is 0 Å². The highest BCUT2D eigenvalue weighted by atomic mass is 79.9. The summed E-state index contributed by atoms with van der Waals surface area (Å²) in [7, 11) is 0. The summed E-state index contributed by atoms with van der Waals surface area (Å²) in [6.45, 7) is 2.55. The van der Waals surface area contributed by atoms with Crippen LogP contribution in [0, 0.1) is 6.92 Å². The molecule has 0 amide bonds. The van der Waals surface area contributed by atoms with Crippen LogP contribution >= 0.6 is 31.9 Å². The second-order valence-corrected chi connectivity index (χ2v) is 6.62. The number of halogens is 2. The van der Waals surface area contributed by atoms with Crippen molar-refractivity contribution in [3.8, 4) is 5.75 Å². The summed E-state index contributed by atoms with van der Waals surface area (Å²) >= 11 is 6.79. The van der Waals surface area contributed by atoms with E-state index in [0.717, 1.165) is 25.8 Å². The van der Waals surface area contributed by atoms with Crippen molar-refractivity contribution in [1.29, 1.82) is 0 Å². The van der Waals surface area contributed by atoms with Crippen molar-refractivity contribution in [3.05, 3.63) is 62.5 Å². The van der Waals surface area contributed by atoms with Crippen LogP contribution < -0.4 is 4.74 Å². The van der Waals surface area contributed by atoms with Crippen LogP contribution in [0.25, 0.3) is 0 Å². The van der Waals surface area contributed by atoms with Crippen LogP contribution in [0.2, 0.25) is 0 Å². The molecule has 0 heterocycles. The molecule has 0 radical (unpaired) electrons. The summed E-state index contributed by atoms with van der Waals surface area (Å²) in [6, 6.07) is 13.4. The lowest BCUT2D eigenvalue weighted by molar-refractivity contribution is 0.0973. The predicted octanol–water partition coefficient (Wildman–Crippen LogP) is 5.56. The molecule has 2 nitrogen and oxygen atoms in total. The summed E-state index contributed by atoms with van der Waals surface area (Å²) in [4.78, 5) is 12.0. The molecule has 2 aromatic carbocycles. The number of hydrogen-bond donors (Lipinski definition) is 0. The molecule has 0 aliphatic heterocycles.